The first-order valence-corrected chi connectivity index (χ1v) is 14.9. The van der Waals surface area contributed by atoms with Crippen LogP contribution in [0.4, 0.5) is 5.82 Å². The quantitative estimate of drug-likeness (QED) is 0.201. The van der Waals surface area contributed by atoms with Crippen molar-refractivity contribution in [2.45, 2.75) is 76.6 Å². The Bertz CT molecular complexity index is 1480. The predicted molar refractivity (Wildman–Crippen MR) is 148 cm³/mol. The molecule has 222 valence electrons. The molecule has 1 aliphatic heterocycles. The number of carbonyl (C=O) groups excluding carboxylic acids is 1. The molecule has 0 radical (unpaired) electrons. The fourth-order valence-corrected chi connectivity index (χ4v) is 6.91. The monoisotopic (exact) mass is 589 g/mol. The number of benzene rings is 1. The van der Waals surface area contributed by atoms with Gasteiger partial charge < -0.3 is 29.9 Å². The number of nitrogens with one attached hydrogen (secondary N) is 1. The smallest absolute Gasteiger partial charge is 0.459 e. The predicted octanol–water partition coefficient (Wildman–Crippen LogP) is 2.78. The van der Waals surface area contributed by atoms with Gasteiger partial charge in [-0.25, -0.2) is 14.1 Å². The first kappa shape index (κ1) is 29.4. The van der Waals surface area contributed by atoms with Gasteiger partial charge in [0.1, 0.15) is 47.5 Å². The van der Waals surface area contributed by atoms with E-state index in [-0.39, 0.29) is 30.0 Å². The van der Waals surface area contributed by atoms with Gasteiger partial charge in [0.2, 0.25) is 0 Å². The molecule has 41 heavy (non-hydrogen) atoms. The van der Waals surface area contributed by atoms with Crippen LogP contribution in [-0.2, 0) is 23.4 Å². The Morgan fingerprint density at radius 3 is 2.59 bits per heavy atom. The summed E-state index contributed by atoms with van der Waals surface area (Å²) in [6.45, 7) is 9.19. The Labute approximate surface area is 237 Å². The first-order chi connectivity index (χ1) is 19.2. The number of carbonyl (C=O) groups is 1. The molecule has 0 spiro atoms. The number of nitrogen functional groups attached to an aromatic ring is 1. The summed E-state index contributed by atoms with van der Waals surface area (Å²) in [5.74, 6) is -0.173. The second kappa shape index (κ2) is 10.3. The van der Waals surface area contributed by atoms with Gasteiger partial charge >= 0.3 is 13.7 Å². The van der Waals surface area contributed by atoms with Crippen molar-refractivity contribution in [3.8, 4) is 5.75 Å². The zero-order valence-electron chi connectivity index (χ0n) is 23.6. The molecule has 0 bridgehead atoms. The van der Waals surface area contributed by atoms with Gasteiger partial charge in [0.25, 0.3) is 0 Å². The third kappa shape index (κ3) is 5.22. The van der Waals surface area contributed by atoms with Crippen molar-refractivity contribution in [1.82, 2.24) is 19.7 Å². The van der Waals surface area contributed by atoms with Crippen LogP contribution in [0.1, 0.15) is 52.8 Å². The van der Waals surface area contributed by atoms with Crippen LogP contribution in [0.3, 0.4) is 0 Å². The van der Waals surface area contributed by atoms with Gasteiger partial charge in [-0.15, -0.1) is 0 Å². The van der Waals surface area contributed by atoms with E-state index < -0.39 is 49.3 Å². The van der Waals surface area contributed by atoms with Gasteiger partial charge in [-0.1, -0.05) is 45.9 Å². The van der Waals surface area contributed by atoms with Crippen molar-refractivity contribution < 1.29 is 38.1 Å². The van der Waals surface area contributed by atoms with E-state index in [0.717, 1.165) is 0 Å². The van der Waals surface area contributed by atoms with Gasteiger partial charge in [0, 0.05) is 0 Å². The molecule has 0 amide bonds. The fourth-order valence-electron chi connectivity index (χ4n) is 5.04. The summed E-state index contributed by atoms with van der Waals surface area (Å²) in [6.07, 6.45) is -2.27. The minimum atomic E-state index is -4.36. The minimum Gasteiger partial charge on any atom is -0.464 e. The fraction of sp³-hybridized carbons (Fsp3) is 0.519. The zero-order chi connectivity index (χ0) is 29.8. The van der Waals surface area contributed by atoms with Crippen LogP contribution in [0.2, 0.25) is 0 Å². The summed E-state index contributed by atoms with van der Waals surface area (Å²) >= 11 is 0. The van der Waals surface area contributed by atoms with E-state index in [2.05, 4.69) is 15.2 Å². The number of fused-ring (bicyclic) bond motifs is 2. The maximum absolute atomic E-state index is 14.2. The number of aliphatic hydroxyl groups excluding tert-OH is 1. The van der Waals surface area contributed by atoms with Crippen LogP contribution < -0.4 is 15.3 Å². The van der Waals surface area contributed by atoms with E-state index in [1.807, 2.05) is 20.8 Å². The average molecular weight is 590 g/mol. The Morgan fingerprint density at radius 1 is 1.27 bits per heavy atom. The molecule has 2 aliphatic rings. The van der Waals surface area contributed by atoms with E-state index in [4.69, 9.17) is 24.3 Å². The molecule has 1 aliphatic carbocycles. The van der Waals surface area contributed by atoms with Crippen molar-refractivity contribution in [3.05, 3.63) is 54.5 Å². The second-order valence-electron chi connectivity index (χ2n) is 11.8. The molecule has 7 atom stereocenters. The number of rotatable bonds is 10. The number of nitrogens with zero attached hydrogens (tertiary/aromatic N) is 3. The number of ether oxygens (including phenoxy) is 2. The largest absolute Gasteiger partial charge is 0.464 e. The van der Waals surface area contributed by atoms with Crippen LogP contribution in [-0.4, -0.2) is 66.8 Å². The van der Waals surface area contributed by atoms with Crippen LogP contribution >= 0.6 is 7.75 Å². The Morgan fingerprint density at radius 2 is 1.98 bits per heavy atom. The third-order valence-electron chi connectivity index (χ3n) is 7.39. The molecule has 1 saturated carbocycles. The Balaban J connectivity index is 1.38. The van der Waals surface area contributed by atoms with Crippen molar-refractivity contribution in [2.75, 3.05) is 12.3 Å². The summed E-state index contributed by atoms with van der Waals surface area (Å²) in [6, 6.07) is 10.6. The van der Waals surface area contributed by atoms with Crippen LogP contribution in [0.5, 0.6) is 5.75 Å². The van der Waals surface area contributed by atoms with Gasteiger partial charge in [0.05, 0.1) is 12.3 Å². The van der Waals surface area contributed by atoms with Gasteiger partial charge in [-0.2, -0.15) is 10.2 Å². The van der Waals surface area contributed by atoms with Gasteiger partial charge in [0.15, 0.2) is 11.4 Å². The number of hydrogen-bond acceptors (Lipinski definition) is 11. The molecule has 1 saturated heterocycles. The minimum absolute atomic E-state index is 0.154. The molecular weight excluding hydrogens is 553 g/mol. The highest BCUT2D eigenvalue weighted by atomic mass is 31.2. The molecule has 1 unspecified atom stereocenters. The number of esters is 1. The van der Waals surface area contributed by atoms with Crippen LogP contribution in [0.15, 0.2) is 48.8 Å². The zero-order valence-corrected chi connectivity index (χ0v) is 24.4. The molecular formula is C27H36N5O8P. The van der Waals surface area contributed by atoms with Crippen molar-refractivity contribution in [3.63, 3.8) is 0 Å². The van der Waals surface area contributed by atoms with Gasteiger partial charge in [-0.3, -0.25) is 9.32 Å². The number of anilines is 1. The maximum atomic E-state index is 14.2. The van der Waals surface area contributed by atoms with Crippen molar-refractivity contribution in [2.24, 2.45) is 5.41 Å². The molecule has 13 nitrogen and oxygen atoms in total. The molecule has 14 heteroatoms. The molecule has 2 aromatic heterocycles. The van der Waals surface area contributed by atoms with E-state index in [0.29, 0.717) is 11.2 Å². The number of nitrogens with two attached hydrogens (primary N) is 1. The third-order valence-corrected chi connectivity index (χ3v) is 8.96. The summed E-state index contributed by atoms with van der Waals surface area (Å²) < 4.78 is 39.0. The van der Waals surface area contributed by atoms with Crippen LogP contribution in [0.25, 0.3) is 5.52 Å². The molecule has 1 aromatic carbocycles. The lowest BCUT2D eigenvalue weighted by Gasteiger charge is -2.28. The SMILES string of the molecule is CC[C@H](N[P@@](=O)(Oc1ccccc1)OC1[C@@]2(C)O[C@@H](c3ccc4c(N)ncnn34)[C@H](O)[C@@]12O)C(=O)OCC(C)(C)C. The topological polar surface area (TPSA) is 180 Å². The van der Waals surface area contributed by atoms with E-state index in [1.165, 1.54) is 10.8 Å². The molecule has 5 rings (SSSR count). The number of para-hydroxylation sites is 1. The summed E-state index contributed by atoms with van der Waals surface area (Å²) in [5, 5.41) is 29.7. The summed E-state index contributed by atoms with van der Waals surface area (Å²) in [5.41, 5.74) is 3.19. The normalized spacial score (nSPS) is 29.5. The number of aliphatic hydroxyl groups is 2. The highest BCUT2D eigenvalue weighted by Crippen LogP contribution is 2.68. The van der Waals surface area contributed by atoms with Crippen LogP contribution in [0, 0.1) is 5.41 Å². The lowest BCUT2D eigenvalue weighted by Crippen LogP contribution is -2.40. The lowest BCUT2D eigenvalue weighted by molar-refractivity contribution is -0.148. The van der Waals surface area contributed by atoms with E-state index in [9.17, 15) is 19.6 Å². The lowest BCUT2D eigenvalue weighted by atomic mass is 9.99. The molecule has 5 N–H and O–H groups in total. The van der Waals surface area contributed by atoms with Crippen molar-refractivity contribution >= 4 is 25.1 Å². The van der Waals surface area contributed by atoms with E-state index in [1.54, 1.807) is 56.3 Å². The molecule has 2 fully saturated rings. The summed E-state index contributed by atoms with van der Waals surface area (Å²) in [7, 11) is -4.36. The maximum Gasteiger partial charge on any atom is 0.459 e. The van der Waals surface area contributed by atoms with E-state index >= 15 is 0 Å². The highest BCUT2D eigenvalue weighted by molar-refractivity contribution is 7.52. The van der Waals surface area contributed by atoms with Crippen molar-refractivity contribution in [1.29, 1.82) is 0 Å². The van der Waals surface area contributed by atoms with Gasteiger partial charge in [-0.05, 0) is 43.0 Å². The highest BCUT2D eigenvalue weighted by Gasteiger charge is 2.87. The summed E-state index contributed by atoms with van der Waals surface area (Å²) in [4.78, 5) is 16.8. The first-order valence-electron chi connectivity index (χ1n) is 13.4. The Kier molecular flexibility index (Phi) is 7.42. The molecule has 3 heterocycles. The second-order valence-corrected chi connectivity index (χ2v) is 13.4. The number of hydrogen-bond donors (Lipinski definition) is 4. The average Bonchev–Trinajstić information content (AvgIpc) is 3.20. The standard InChI is InChI=1S/C27H36N5O8P/c1-6-17(23(34)37-14-25(2,3)4)31-41(36,39-16-10-8-7-9-11-16)40-24-26(5)27(24,35)21(33)20(38-26)18-12-13-19-22(28)29-15-30-32(18)19/h7-13,15,17,20-21,24,33,35H,6,14H2,1-5H3,(H,31,36)(H2,28,29,30)/t17-,20-,21-,24?,26+,27+,41+/m0/s1. The Hall–Kier alpha value is -3.06. The molecule has 3 aromatic rings. The number of aromatic nitrogens is 3.